The largest absolute Gasteiger partial charge is 0.314 e. The molecule has 0 radical (unpaired) electrons. The van der Waals surface area contributed by atoms with Crippen molar-refractivity contribution in [3.63, 3.8) is 0 Å². The normalized spacial score (nSPS) is 27.6. The van der Waals surface area contributed by atoms with Gasteiger partial charge in [0, 0.05) is 24.5 Å². The summed E-state index contributed by atoms with van der Waals surface area (Å²) in [5, 5.41) is 7.29. The third kappa shape index (κ3) is 2.60. The molecule has 3 rings (SSSR count). The zero-order valence-corrected chi connectivity index (χ0v) is 11.3. The van der Waals surface area contributed by atoms with Crippen LogP contribution >= 0.6 is 0 Å². The first-order chi connectivity index (χ1) is 8.83. The second-order valence-corrected chi connectivity index (χ2v) is 5.94. The Morgan fingerprint density at radius 2 is 2.28 bits per heavy atom. The summed E-state index contributed by atoms with van der Waals surface area (Å²) in [5.41, 5.74) is 3.12. The minimum atomic E-state index is 0.633. The lowest BCUT2D eigenvalue weighted by Crippen LogP contribution is -2.38. The van der Waals surface area contributed by atoms with Crippen LogP contribution in [0.4, 0.5) is 0 Å². The quantitative estimate of drug-likeness (QED) is 0.831. The molecule has 1 aliphatic heterocycles. The Morgan fingerprint density at radius 1 is 1.39 bits per heavy atom. The van der Waals surface area contributed by atoms with Crippen molar-refractivity contribution in [1.82, 2.24) is 10.6 Å². The average Bonchev–Trinajstić information content (AvgIpc) is 2.83. The number of rotatable bonds is 5. The fourth-order valence-electron chi connectivity index (χ4n) is 3.36. The van der Waals surface area contributed by atoms with Gasteiger partial charge >= 0.3 is 0 Å². The van der Waals surface area contributed by atoms with Crippen LogP contribution in [0.2, 0.25) is 0 Å². The SMILES string of the molecule is CC(CC1CCCN1)NCC1Cc2ccccc21. The predicted octanol–water partition coefficient (Wildman–Crippen LogP) is 2.45. The zero-order chi connectivity index (χ0) is 12.4. The van der Waals surface area contributed by atoms with E-state index in [0.717, 1.165) is 18.5 Å². The molecule has 0 aromatic heterocycles. The highest BCUT2D eigenvalue weighted by Gasteiger charge is 2.25. The van der Waals surface area contributed by atoms with E-state index in [2.05, 4.69) is 41.8 Å². The van der Waals surface area contributed by atoms with Crippen molar-refractivity contribution in [2.24, 2.45) is 0 Å². The molecule has 2 nitrogen and oxygen atoms in total. The van der Waals surface area contributed by atoms with E-state index < -0.39 is 0 Å². The van der Waals surface area contributed by atoms with Gasteiger partial charge in [-0.15, -0.1) is 0 Å². The molecule has 3 unspecified atom stereocenters. The molecular weight excluding hydrogens is 220 g/mol. The van der Waals surface area contributed by atoms with Gasteiger partial charge in [-0.3, -0.25) is 0 Å². The van der Waals surface area contributed by atoms with Gasteiger partial charge in [0.05, 0.1) is 0 Å². The van der Waals surface area contributed by atoms with Crippen LogP contribution in [0.5, 0.6) is 0 Å². The summed E-state index contributed by atoms with van der Waals surface area (Å²) in [4.78, 5) is 0. The van der Waals surface area contributed by atoms with E-state index in [4.69, 9.17) is 0 Å². The van der Waals surface area contributed by atoms with E-state index in [1.54, 1.807) is 11.1 Å². The number of hydrogen-bond acceptors (Lipinski definition) is 2. The summed E-state index contributed by atoms with van der Waals surface area (Å²) in [5.74, 6) is 0.750. The van der Waals surface area contributed by atoms with Crippen molar-refractivity contribution in [3.8, 4) is 0 Å². The fourth-order valence-corrected chi connectivity index (χ4v) is 3.36. The second-order valence-electron chi connectivity index (χ2n) is 5.94. The molecule has 1 aromatic carbocycles. The topological polar surface area (TPSA) is 24.1 Å². The Balaban J connectivity index is 1.42. The monoisotopic (exact) mass is 244 g/mol. The smallest absolute Gasteiger partial charge is 0.00822 e. The van der Waals surface area contributed by atoms with Crippen LogP contribution in [0.1, 0.15) is 43.2 Å². The minimum absolute atomic E-state index is 0.633. The van der Waals surface area contributed by atoms with Gasteiger partial charge in [0.1, 0.15) is 0 Å². The molecule has 0 saturated carbocycles. The summed E-state index contributed by atoms with van der Waals surface area (Å²) in [6.07, 6.45) is 5.25. The van der Waals surface area contributed by atoms with Crippen molar-refractivity contribution >= 4 is 0 Å². The molecule has 0 bridgehead atoms. The van der Waals surface area contributed by atoms with E-state index in [-0.39, 0.29) is 0 Å². The first kappa shape index (κ1) is 12.2. The van der Waals surface area contributed by atoms with Gasteiger partial charge in [-0.25, -0.2) is 0 Å². The molecule has 0 amide bonds. The Bertz CT molecular complexity index is 396. The second kappa shape index (κ2) is 5.41. The molecule has 1 saturated heterocycles. The van der Waals surface area contributed by atoms with Gasteiger partial charge in [-0.1, -0.05) is 24.3 Å². The van der Waals surface area contributed by atoms with Gasteiger partial charge in [0.25, 0.3) is 0 Å². The maximum atomic E-state index is 3.71. The third-order valence-corrected chi connectivity index (χ3v) is 4.47. The zero-order valence-electron chi connectivity index (χ0n) is 11.3. The molecule has 3 atom stereocenters. The Kier molecular flexibility index (Phi) is 3.67. The Labute approximate surface area is 110 Å². The van der Waals surface area contributed by atoms with E-state index in [1.807, 2.05) is 0 Å². The third-order valence-electron chi connectivity index (χ3n) is 4.47. The standard InChI is InChI=1S/C16H24N2/c1-12(9-15-6-4-8-17-15)18-11-14-10-13-5-2-3-7-16(13)14/h2-3,5,7,12,14-15,17-18H,4,6,8-11H2,1H3. The van der Waals surface area contributed by atoms with Crippen molar-refractivity contribution in [1.29, 1.82) is 0 Å². The number of nitrogens with one attached hydrogen (secondary N) is 2. The van der Waals surface area contributed by atoms with Crippen molar-refractivity contribution in [2.45, 2.75) is 50.6 Å². The van der Waals surface area contributed by atoms with E-state index >= 15 is 0 Å². The molecule has 1 heterocycles. The minimum Gasteiger partial charge on any atom is -0.314 e. The van der Waals surface area contributed by atoms with Crippen LogP contribution in [0.15, 0.2) is 24.3 Å². The number of hydrogen-bond donors (Lipinski definition) is 2. The molecule has 2 N–H and O–H groups in total. The summed E-state index contributed by atoms with van der Waals surface area (Å²) < 4.78 is 0. The molecule has 1 aliphatic carbocycles. The first-order valence-electron chi connectivity index (χ1n) is 7.37. The summed E-state index contributed by atoms with van der Waals surface area (Å²) in [6, 6.07) is 10.2. The molecule has 0 spiro atoms. The lowest BCUT2D eigenvalue weighted by Gasteiger charge is -2.31. The van der Waals surface area contributed by atoms with Gasteiger partial charge in [0.2, 0.25) is 0 Å². The molecule has 1 aromatic rings. The van der Waals surface area contributed by atoms with Gasteiger partial charge in [-0.2, -0.15) is 0 Å². The van der Waals surface area contributed by atoms with E-state index in [0.29, 0.717) is 6.04 Å². The van der Waals surface area contributed by atoms with Crippen LogP contribution < -0.4 is 10.6 Å². The molecule has 2 aliphatic rings. The van der Waals surface area contributed by atoms with Crippen molar-refractivity contribution in [3.05, 3.63) is 35.4 Å². The Hall–Kier alpha value is -0.860. The molecular formula is C16H24N2. The summed E-state index contributed by atoms with van der Waals surface area (Å²) in [7, 11) is 0. The van der Waals surface area contributed by atoms with Gasteiger partial charge < -0.3 is 10.6 Å². The molecule has 18 heavy (non-hydrogen) atoms. The van der Waals surface area contributed by atoms with Crippen LogP contribution in [-0.2, 0) is 6.42 Å². The van der Waals surface area contributed by atoms with Crippen LogP contribution in [-0.4, -0.2) is 25.2 Å². The fraction of sp³-hybridized carbons (Fsp3) is 0.625. The van der Waals surface area contributed by atoms with E-state index in [9.17, 15) is 0 Å². The predicted molar refractivity (Wildman–Crippen MR) is 76.0 cm³/mol. The highest BCUT2D eigenvalue weighted by atomic mass is 15.0. The van der Waals surface area contributed by atoms with Gasteiger partial charge in [0.15, 0.2) is 0 Å². The molecule has 98 valence electrons. The van der Waals surface area contributed by atoms with Crippen molar-refractivity contribution < 1.29 is 0 Å². The number of benzene rings is 1. The summed E-state index contributed by atoms with van der Waals surface area (Å²) in [6.45, 7) is 4.68. The lowest BCUT2D eigenvalue weighted by molar-refractivity contribution is 0.416. The molecule has 1 fully saturated rings. The highest BCUT2D eigenvalue weighted by Crippen LogP contribution is 2.34. The maximum Gasteiger partial charge on any atom is 0.00822 e. The highest BCUT2D eigenvalue weighted by molar-refractivity contribution is 5.40. The Morgan fingerprint density at radius 3 is 3.06 bits per heavy atom. The van der Waals surface area contributed by atoms with Crippen LogP contribution in [0.25, 0.3) is 0 Å². The first-order valence-corrected chi connectivity index (χ1v) is 7.37. The van der Waals surface area contributed by atoms with Gasteiger partial charge in [-0.05, 0) is 50.3 Å². The summed E-state index contributed by atoms with van der Waals surface area (Å²) >= 11 is 0. The lowest BCUT2D eigenvalue weighted by atomic mass is 9.77. The number of fused-ring (bicyclic) bond motifs is 1. The van der Waals surface area contributed by atoms with Crippen molar-refractivity contribution in [2.75, 3.05) is 13.1 Å². The average molecular weight is 244 g/mol. The van der Waals surface area contributed by atoms with Crippen LogP contribution in [0, 0.1) is 0 Å². The maximum absolute atomic E-state index is 3.71. The van der Waals surface area contributed by atoms with Crippen LogP contribution in [0.3, 0.4) is 0 Å². The van der Waals surface area contributed by atoms with E-state index in [1.165, 1.54) is 32.2 Å². The molecule has 2 heteroatoms.